The van der Waals surface area contributed by atoms with Crippen LogP contribution in [0.25, 0.3) is 0 Å². The molecule has 0 spiro atoms. The van der Waals surface area contributed by atoms with Crippen molar-refractivity contribution in [2.45, 2.75) is 20.0 Å². The molecule has 2 rings (SSSR count). The summed E-state index contributed by atoms with van der Waals surface area (Å²) in [5.41, 5.74) is 0.926. The fraction of sp³-hybridized carbons (Fsp3) is 0.462. The molecule has 0 aromatic heterocycles. The Bertz CT molecular complexity index is 400. The lowest BCUT2D eigenvalue weighted by atomic mass is 10.3. The predicted molar refractivity (Wildman–Crippen MR) is 67.6 cm³/mol. The summed E-state index contributed by atoms with van der Waals surface area (Å²) in [6.07, 6.45) is 0.167. The van der Waals surface area contributed by atoms with Gasteiger partial charge in [-0.05, 0) is 38.1 Å². The summed E-state index contributed by atoms with van der Waals surface area (Å²) in [6.45, 7) is 5.52. The zero-order valence-corrected chi connectivity index (χ0v) is 10.5. The molecule has 2 amide bonds. The second-order valence-corrected chi connectivity index (χ2v) is 4.52. The van der Waals surface area contributed by atoms with Crippen LogP contribution in [0.2, 0.25) is 0 Å². The largest absolute Gasteiger partial charge is 0.491 e. The van der Waals surface area contributed by atoms with Crippen molar-refractivity contribution in [3.05, 3.63) is 24.3 Å². The molecule has 0 radical (unpaired) electrons. The van der Waals surface area contributed by atoms with Crippen LogP contribution in [0.15, 0.2) is 24.3 Å². The molecule has 1 aliphatic heterocycles. The van der Waals surface area contributed by atoms with Gasteiger partial charge < -0.3 is 9.64 Å². The van der Waals surface area contributed by atoms with Crippen LogP contribution in [0.4, 0.5) is 10.5 Å². The number of ether oxygens (including phenoxy) is 1. The number of rotatable bonds is 3. The van der Waals surface area contributed by atoms with Gasteiger partial charge in [-0.15, -0.1) is 0 Å². The van der Waals surface area contributed by atoms with Crippen molar-refractivity contribution in [3.63, 3.8) is 0 Å². The second kappa shape index (κ2) is 4.65. The highest BCUT2D eigenvalue weighted by Crippen LogP contribution is 2.23. The van der Waals surface area contributed by atoms with Crippen LogP contribution in [0.3, 0.4) is 0 Å². The third kappa shape index (κ3) is 2.52. The fourth-order valence-electron chi connectivity index (χ4n) is 1.86. The van der Waals surface area contributed by atoms with Gasteiger partial charge >= 0.3 is 6.03 Å². The Morgan fingerprint density at radius 2 is 1.82 bits per heavy atom. The van der Waals surface area contributed by atoms with Crippen LogP contribution < -0.4 is 9.64 Å². The summed E-state index contributed by atoms with van der Waals surface area (Å²) < 4.78 is 5.57. The molecule has 1 saturated heterocycles. The zero-order chi connectivity index (χ0) is 12.4. The number of nitrogens with zero attached hydrogens (tertiary/aromatic N) is 2. The van der Waals surface area contributed by atoms with Gasteiger partial charge in [-0.3, -0.25) is 4.90 Å². The number of anilines is 1. The number of carbonyl (C=O) groups is 1. The van der Waals surface area contributed by atoms with E-state index in [9.17, 15) is 4.79 Å². The van der Waals surface area contributed by atoms with E-state index < -0.39 is 0 Å². The molecule has 0 bridgehead atoms. The highest BCUT2D eigenvalue weighted by molar-refractivity contribution is 5.93. The van der Waals surface area contributed by atoms with Crippen molar-refractivity contribution in [1.29, 1.82) is 0 Å². The maximum atomic E-state index is 11.8. The molecule has 0 unspecified atom stereocenters. The van der Waals surface area contributed by atoms with Crippen LogP contribution >= 0.6 is 0 Å². The third-order valence-corrected chi connectivity index (χ3v) is 2.74. The monoisotopic (exact) mass is 234 g/mol. The normalized spacial score (nSPS) is 15.9. The quantitative estimate of drug-likeness (QED) is 0.804. The zero-order valence-electron chi connectivity index (χ0n) is 10.5. The summed E-state index contributed by atoms with van der Waals surface area (Å²) in [6, 6.07) is 7.72. The number of amides is 2. The molecular formula is C13H18N2O2. The summed E-state index contributed by atoms with van der Waals surface area (Å²) >= 11 is 0. The van der Waals surface area contributed by atoms with Crippen LogP contribution in [0.5, 0.6) is 5.75 Å². The molecule has 92 valence electrons. The molecule has 0 atom stereocenters. The minimum atomic E-state index is 0.0579. The number of hydrogen-bond acceptors (Lipinski definition) is 2. The third-order valence-electron chi connectivity index (χ3n) is 2.74. The predicted octanol–water partition coefficient (Wildman–Crippen LogP) is 2.35. The van der Waals surface area contributed by atoms with E-state index in [2.05, 4.69) is 0 Å². The van der Waals surface area contributed by atoms with Crippen LogP contribution in [0.1, 0.15) is 13.8 Å². The topological polar surface area (TPSA) is 32.8 Å². The SMILES string of the molecule is CC(C)Oc1ccc(N2CCN(C)C2=O)cc1. The number of hydrogen-bond donors (Lipinski definition) is 0. The van der Waals surface area contributed by atoms with Crippen molar-refractivity contribution in [2.75, 3.05) is 25.0 Å². The number of benzene rings is 1. The van der Waals surface area contributed by atoms with Crippen LogP contribution in [-0.2, 0) is 0 Å². The highest BCUT2D eigenvalue weighted by Gasteiger charge is 2.26. The van der Waals surface area contributed by atoms with Gasteiger partial charge in [0.2, 0.25) is 0 Å². The van der Waals surface area contributed by atoms with Crippen molar-refractivity contribution < 1.29 is 9.53 Å². The first-order valence-electron chi connectivity index (χ1n) is 5.87. The van der Waals surface area contributed by atoms with E-state index >= 15 is 0 Å². The van der Waals surface area contributed by atoms with E-state index in [1.165, 1.54) is 0 Å². The van der Waals surface area contributed by atoms with Gasteiger partial charge in [-0.1, -0.05) is 0 Å². The Morgan fingerprint density at radius 1 is 1.18 bits per heavy atom. The van der Waals surface area contributed by atoms with E-state index in [0.717, 1.165) is 24.5 Å². The summed E-state index contributed by atoms with van der Waals surface area (Å²) in [5, 5.41) is 0. The van der Waals surface area contributed by atoms with Crippen LogP contribution in [-0.4, -0.2) is 37.2 Å². The first-order valence-corrected chi connectivity index (χ1v) is 5.87. The molecule has 1 aromatic carbocycles. The lowest BCUT2D eigenvalue weighted by Gasteiger charge is -2.17. The van der Waals surface area contributed by atoms with Gasteiger partial charge in [0.1, 0.15) is 5.75 Å². The van der Waals surface area contributed by atoms with Crippen molar-refractivity contribution in [3.8, 4) is 5.75 Å². The van der Waals surface area contributed by atoms with E-state index in [-0.39, 0.29) is 12.1 Å². The molecular weight excluding hydrogens is 216 g/mol. The fourth-order valence-corrected chi connectivity index (χ4v) is 1.86. The van der Waals surface area contributed by atoms with Gasteiger partial charge in [-0.25, -0.2) is 4.79 Å². The van der Waals surface area contributed by atoms with Crippen molar-refractivity contribution >= 4 is 11.7 Å². The van der Waals surface area contributed by atoms with Gasteiger partial charge in [0, 0.05) is 25.8 Å². The highest BCUT2D eigenvalue weighted by atomic mass is 16.5. The minimum Gasteiger partial charge on any atom is -0.491 e. The van der Waals surface area contributed by atoms with Crippen LogP contribution in [0, 0.1) is 0 Å². The average Bonchev–Trinajstić information content (AvgIpc) is 2.60. The Kier molecular flexibility index (Phi) is 3.22. The van der Waals surface area contributed by atoms with Gasteiger partial charge in [0.05, 0.1) is 6.10 Å². The molecule has 1 aliphatic rings. The lowest BCUT2D eigenvalue weighted by molar-refractivity contribution is 0.229. The molecule has 1 fully saturated rings. The van der Waals surface area contributed by atoms with Gasteiger partial charge in [0.15, 0.2) is 0 Å². The minimum absolute atomic E-state index is 0.0579. The van der Waals surface area contributed by atoms with E-state index in [0.29, 0.717) is 0 Å². The first kappa shape index (κ1) is 11.8. The maximum Gasteiger partial charge on any atom is 0.324 e. The summed E-state index contributed by atoms with van der Waals surface area (Å²) in [4.78, 5) is 15.3. The van der Waals surface area contributed by atoms with Crippen molar-refractivity contribution in [2.24, 2.45) is 0 Å². The Hall–Kier alpha value is -1.71. The average molecular weight is 234 g/mol. The number of carbonyl (C=O) groups excluding carboxylic acids is 1. The smallest absolute Gasteiger partial charge is 0.324 e. The molecule has 17 heavy (non-hydrogen) atoms. The molecule has 0 aliphatic carbocycles. The Balaban J connectivity index is 2.10. The Labute approximate surface area is 102 Å². The standard InChI is InChI=1S/C13H18N2O2/c1-10(2)17-12-6-4-11(5-7-12)15-9-8-14(3)13(15)16/h4-7,10H,8-9H2,1-3H3. The second-order valence-electron chi connectivity index (χ2n) is 4.52. The van der Waals surface area contributed by atoms with E-state index in [1.54, 1.807) is 9.80 Å². The maximum absolute atomic E-state index is 11.8. The Morgan fingerprint density at radius 3 is 2.29 bits per heavy atom. The number of urea groups is 1. The van der Waals surface area contributed by atoms with Gasteiger partial charge in [0.25, 0.3) is 0 Å². The molecule has 4 heteroatoms. The number of likely N-dealkylation sites (N-methyl/N-ethyl adjacent to an activating group) is 1. The van der Waals surface area contributed by atoms with E-state index in [4.69, 9.17) is 4.74 Å². The first-order chi connectivity index (χ1) is 8.08. The lowest BCUT2D eigenvalue weighted by Crippen LogP contribution is -2.29. The summed E-state index contributed by atoms with van der Waals surface area (Å²) in [5.74, 6) is 0.837. The molecule has 1 heterocycles. The van der Waals surface area contributed by atoms with E-state index in [1.807, 2.05) is 45.2 Å². The molecule has 0 saturated carbocycles. The summed E-state index contributed by atoms with van der Waals surface area (Å²) in [7, 11) is 1.82. The molecule has 4 nitrogen and oxygen atoms in total. The molecule has 0 N–H and O–H groups in total. The molecule has 1 aromatic rings. The van der Waals surface area contributed by atoms with Crippen molar-refractivity contribution in [1.82, 2.24) is 4.90 Å². The van der Waals surface area contributed by atoms with Gasteiger partial charge in [-0.2, -0.15) is 0 Å².